The number of ether oxygens (including phenoxy) is 2. The van der Waals surface area contributed by atoms with E-state index in [1.807, 2.05) is 0 Å². The van der Waals surface area contributed by atoms with E-state index in [9.17, 15) is 18.0 Å². The largest absolute Gasteiger partial charge is 0.465 e. The number of carbonyl (C=O) groups excluding carboxylic acids is 1. The van der Waals surface area contributed by atoms with Crippen LogP contribution in [0.3, 0.4) is 0 Å². The summed E-state index contributed by atoms with van der Waals surface area (Å²) in [5.41, 5.74) is -0.471. The van der Waals surface area contributed by atoms with E-state index in [1.54, 1.807) is 0 Å². The molecule has 0 aliphatic heterocycles. The van der Waals surface area contributed by atoms with Crippen LogP contribution in [0.25, 0.3) is 0 Å². The minimum atomic E-state index is -3.18. The van der Waals surface area contributed by atoms with Crippen LogP contribution in [0.15, 0.2) is 16.6 Å². The van der Waals surface area contributed by atoms with Gasteiger partial charge < -0.3 is 9.47 Å². The lowest BCUT2D eigenvalue weighted by Crippen LogP contribution is -2.09. The van der Waals surface area contributed by atoms with E-state index in [2.05, 4.69) is 25.4 Å². The van der Waals surface area contributed by atoms with Crippen LogP contribution in [0.5, 0.6) is 5.75 Å². The third kappa shape index (κ3) is 2.66. The molecule has 0 spiro atoms. The van der Waals surface area contributed by atoms with Gasteiger partial charge in [0.15, 0.2) is 11.6 Å². The third-order valence-corrected chi connectivity index (χ3v) is 2.29. The fraction of sp³-hybridized carbons (Fsp3) is 0.222. The molecule has 0 unspecified atom stereocenters. The molecule has 0 saturated carbocycles. The van der Waals surface area contributed by atoms with Gasteiger partial charge in [-0.15, -0.1) is 0 Å². The van der Waals surface area contributed by atoms with Crippen molar-refractivity contribution >= 4 is 21.9 Å². The maximum absolute atomic E-state index is 13.5. The summed E-state index contributed by atoms with van der Waals surface area (Å²) >= 11 is 2.83. The topological polar surface area (TPSA) is 35.5 Å². The monoisotopic (exact) mass is 298 g/mol. The van der Waals surface area contributed by atoms with E-state index in [0.29, 0.717) is 0 Å². The summed E-state index contributed by atoms with van der Waals surface area (Å²) in [5.74, 6) is -2.89. The summed E-state index contributed by atoms with van der Waals surface area (Å²) in [6.45, 7) is -3.18. The van der Waals surface area contributed by atoms with E-state index in [0.717, 1.165) is 13.2 Å². The zero-order chi connectivity index (χ0) is 12.3. The Morgan fingerprint density at radius 1 is 1.44 bits per heavy atom. The van der Waals surface area contributed by atoms with E-state index < -0.39 is 29.7 Å². The number of benzene rings is 1. The standard InChI is InChI=1S/C9H6BrF3O3/c1-15-8(14)4-2-3-5(10)7(6(4)11)16-9(12)13/h2-3,9H,1H3. The smallest absolute Gasteiger partial charge is 0.387 e. The van der Waals surface area contributed by atoms with Crippen LogP contribution in [0.4, 0.5) is 13.2 Å². The Labute approximate surface area is 97.3 Å². The Balaban J connectivity index is 3.21. The van der Waals surface area contributed by atoms with Crippen molar-refractivity contribution in [2.75, 3.05) is 7.11 Å². The lowest BCUT2D eigenvalue weighted by atomic mass is 10.2. The molecule has 1 aromatic carbocycles. The van der Waals surface area contributed by atoms with Crippen molar-refractivity contribution in [3.63, 3.8) is 0 Å². The molecule has 0 heterocycles. The number of hydrogen-bond acceptors (Lipinski definition) is 3. The molecular weight excluding hydrogens is 293 g/mol. The first-order valence-electron chi connectivity index (χ1n) is 3.98. The molecule has 3 nitrogen and oxygen atoms in total. The Hall–Kier alpha value is -1.24. The fourth-order valence-electron chi connectivity index (χ4n) is 0.997. The number of rotatable bonds is 3. The Morgan fingerprint density at radius 2 is 2.06 bits per heavy atom. The minimum absolute atomic E-state index is 0.0158. The molecule has 0 fully saturated rings. The minimum Gasteiger partial charge on any atom is -0.465 e. The van der Waals surface area contributed by atoms with Crippen LogP contribution in [0, 0.1) is 5.82 Å². The number of halogens is 4. The average molecular weight is 299 g/mol. The van der Waals surface area contributed by atoms with Gasteiger partial charge in [0.2, 0.25) is 0 Å². The van der Waals surface area contributed by atoms with Crippen molar-refractivity contribution in [1.29, 1.82) is 0 Å². The molecule has 0 aliphatic carbocycles. The van der Waals surface area contributed by atoms with Crippen molar-refractivity contribution in [2.24, 2.45) is 0 Å². The summed E-state index contributed by atoms with van der Waals surface area (Å²) in [7, 11) is 1.05. The molecule has 0 aromatic heterocycles. The summed E-state index contributed by atoms with van der Waals surface area (Å²) in [5, 5.41) is 0. The lowest BCUT2D eigenvalue weighted by molar-refractivity contribution is -0.0528. The zero-order valence-corrected chi connectivity index (χ0v) is 9.55. The number of carbonyl (C=O) groups is 1. The fourth-order valence-corrected chi connectivity index (χ4v) is 1.40. The van der Waals surface area contributed by atoms with Gasteiger partial charge in [-0.25, -0.2) is 9.18 Å². The van der Waals surface area contributed by atoms with Crippen molar-refractivity contribution in [2.45, 2.75) is 6.61 Å². The average Bonchev–Trinajstić information content (AvgIpc) is 2.23. The first-order chi connectivity index (χ1) is 7.47. The Bertz CT molecular complexity index is 409. The molecule has 0 amide bonds. The second kappa shape index (κ2) is 5.20. The number of hydrogen-bond donors (Lipinski definition) is 0. The Morgan fingerprint density at radius 3 is 2.56 bits per heavy atom. The second-order valence-corrected chi connectivity index (χ2v) is 3.46. The predicted molar refractivity (Wildman–Crippen MR) is 52.1 cm³/mol. The molecule has 0 saturated heterocycles. The van der Waals surface area contributed by atoms with E-state index in [1.165, 1.54) is 6.07 Å². The van der Waals surface area contributed by atoms with Crippen LogP contribution in [0.1, 0.15) is 10.4 Å². The highest BCUT2D eigenvalue weighted by Crippen LogP contribution is 2.31. The van der Waals surface area contributed by atoms with E-state index in [4.69, 9.17) is 0 Å². The highest BCUT2D eigenvalue weighted by molar-refractivity contribution is 9.10. The normalized spacial score (nSPS) is 10.4. The van der Waals surface area contributed by atoms with E-state index in [-0.39, 0.29) is 4.47 Å². The quantitative estimate of drug-likeness (QED) is 0.805. The van der Waals surface area contributed by atoms with Gasteiger partial charge in [0.05, 0.1) is 17.1 Å². The van der Waals surface area contributed by atoms with Crippen LogP contribution < -0.4 is 4.74 Å². The number of alkyl halides is 2. The molecule has 1 rings (SSSR count). The third-order valence-electron chi connectivity index (χ3n) is 1.66. The van der Waals surface area contributed by atoms with Crippen LogP contribution >= 0.6 is 15.9 Å². The first kappa shape index (κ1) is 12.8. The van der Waals surface area contributed by atoms with Gasteiger partial charge in [-0.1, -0.05) is 0 Å². The Kier molecular flexibility index (Phi) is 4.17. The van der Waals surface area contributed by atoms with Gasteiger partial charge in [0.1, 0.15) is 0 Å². The summed E-state index contributed by atoms with van der Waals surface area (Å²) in [6.07, 6.45) is 0. The molecule has 0 radical (unpaired) electrons. The SMILES string of the molecule is COC(=O)c1ccc(Br)c(OC(F)F)c1F. The van der Waals surface area contributed by atoms with Crippen LogP contribution in [0.2, 0.25) is 0 Å². The van der Waals surface area contributed by atoms with Crippen LogP contribution in [-0.4, -0.2) is 19.7 Å². The molecule has 7 heteroatoms. The molecule has 1 aromatic rings. The highest BCUT2D eigenvalue weighted by Gasteiger charge is 2.21. The van der Waals surface area contributed by atoms with Gasteiger partial charge in [0, 0.05) is 0 Å². The number of methoxy groups -OCH3 is 1. The van der Waals surface area contributed by atoms with Crippen molar-refractivity contribution < 1.29 is 27.4 Å². The van der Waals surface area contributed by atoms with Crippen molar-refractivity contribution in [3.8, 4) is 5.75 Å². The molecule has 88 valence electrons. The molecule has 0 bridgehead atoms. The highest BCUT2D eigenvalue weighted by atomic mass is 79.9. The lowest BCUT2D eigenvalue weighted by Gasteiger charge is -2.10. The molecule has 0 atom stereocenters. The van der Waals surface area contributed by atoms with Crippen molar-refractivity contribution in [3.05, 3.63) is 28.0 Å². The van der Waals surface area contributed by atoms with E-state index >= 15 is 0 Å². The van der Waals surface area contributed by atoms with Gasteiger partial charge in [0.25, 0.3) is 0 Å². The van der Waals surface area contributed by atoms with Gasteiger partial charge in [-0.3, -0.25) is 0 Å². The van der Waals surface area contributed by atoms with Gasteiger partial charge in [-0.05, 0) is 28.1 Å². The summed E-state index contributed by atoms with van der Waals surface area (Å²) in [4.78, 5) is 11.1. The maximum atomic E-state index is 13.5. The molecule has 0 N–H and O–H groups in total. The molecular formula is C9H6BrF3O3. The molecule has 16 heavy (non-hydrogen) atoms. The summed E-state index contributed by atoms with van der Waals surface area (Å²) in [6, 6.07) is 2.32. The van der Waals surface area contributed by atoms with Crippen LogP contribution in [-0.2, 0) is 4.74 Å². The number of esters is 1. The van der Waals surface area contributed by atoms with Crippen molar-refractivity contribution in [1.82, 2.24) is 0 Å². The van der Waals surface area contributed by atoms with Gasteiger partial charge in [-0.2, -0.15) is 8.78 Å². The first-order valence-corrected chi connectivity index (χ1v) is 4.77. The summed E-state index contributed by atoms with van der Waals surface area (Å²) < 4.78 is 45.7. The maximum Gasteiger partial charge on any atom is 0.387 e. The van der Waals surface area contributed by atoms with Gasteiger partial charge >= 0.3 is 12.6 Å². The zero-order valence-electron chi connectivity index (χ0n) is 7.97. The molecule has 0 aliphatic rings. The predicted octanol–water partition coefficient (Wildman–Crippen LogP) is 2.98. The second-order valence-electron chi connectivity index (χ2n) is 2.61.